The van der Waals surface area contributed by atoms with Gasteiger partial charge in [-0.2, -0.15) is 4.98 Å². The zero-order valence-corrected chi connectivity index (χ0v) is 18.6. The van der Waals surface area contributed by atoms with Crippen LogP contribution >= 0.6 is 0 Å². The molecule has 0 saturated carbocycles. The Hall–Kier alpha value is -3.39. The molecule has 1 amide bonds. The van der Waals surface area contributed by atoms with Crippen molar-refractivity contribution in [2.45, 2.75) is 26.3 Å². The van der Waals surface area contributed by atoms with Crippen LogP contribution in [-0.2, 0) is 11.3 Å². The maximum atomic E-state index is 12.7. The van der Waals surface area contributed by atoms with Gasteiger partial charge in [0.15, 0.2) is 17.3 Å². The predicted octanol–water partition coefficient (Wildman–Crippen LogP) is 3.91. The molecule has 0 unspecified atom stereocenters. The van der Waals surface area contributed by atoms with Crippen LogP contribution in [0.4, 0.5) is 5.69 Å². The molecular formula is C24H28N4O4. The molecule has 0 bridgehead atoms. The maximum Gasteiger partial charge on any atom is 0.257 e. The Morgan fingerprint density at radius 2 is 1.91 bits per heavy atom. The van der Waals surface area contributed by atoms with Crippen LogP contribution in [0, 0.1) is 12.8 Å². The van der Waals surface area contributed by atoms with Gasteiger partial charge in [0, 0.05) is 23.2 Å². The average molecular weight is 437 g/mol. The second-order valence-electron chi connectivity index (χ2n) is 7.99. The number of ether oxygens (including phenoxy) is 2. The van der Waals surface area contributed by atoms with E-state index in [1.165, 1.54) is 0 Å². The lowest BCUT2D eigenvalue weighted by Crippen LogP contribution is -2.38. The van der Waals surface area contributed by atoms with Crippen molar-refractivity contribution in [1.29, 1.82) is 0 Å². The van der Waals surface area contributed by atoms with E-state index in [4.69, 9.17) is 14.0 Å². The lowest BCUT2D eigenvalue weighted by Gasteiger charge is -2.30. The van der Waals surface area contributed by atoms with Gasteiger partial charge < -0.3 is 19.3 Å². The summed E-state index contributed by atoms with van der Waals surface area (Å²) < 4.78 is 16.0. The van der Waals surface area contributed by atoms with Crippen molar-refractivity contribution in [3.8, 4) is 23.0 Å². The Bertz CT molecular complexity index is 1070. The molecular weight excluding hydrogens is 408 g/mol. The molecule has 1 N–H and O–H groups in total. The first-order chi connectivity index (χ1) is 15.6. The van der Waals surface area contributed by atoms with Gasteiger partial charge >= 0.3 is 0 Å². The van der Waals surface area contributed by atoms with Crippen LogP contribution in [0.25, 0.3) is 11.5 Å². The van der Waals surface area contributed by atoms with Crippen molar-refractivity contribution < 1.29 is 18.8 Å². The van der Waals surface area contributed by atoms with Crippen molar-refractivity contribution in [1.82, 2.24) is 15.0 Å². The van der Waals surface area contributed by atoms with Crippen LogP contribution in [0.1, 0.15) is 24.2 Å². The number of carbonyl (C=O) groups is 1. The SMILES string of the molecule is COc1ccc(NC(=O)C2CCN(Cc3noc(-c4cccc(C)c4)n3)CC2)cc1OC. The summed E-state index contributed by atoms with van der Waals surface area (Å²) in [7, 11) is 3.16. The number of rotatable bonds is 7. The van der Waals surface area contributed by atoms with Crippen LogP contribution in [-0.4, -0.2) is 48.3 Å². The summed E-state index contributed by atoms with van der Waals surface area (Å²) in [5.74, 6) is 2.41. The van der Waals surface area contributed by atoms with Crippen molar-refractivity contribution in [2.75, 3.05) is 32.6 Å². The zero-order chi connectivity index (χ0) is 22.5. The van der Waals surface area contributed by atoms with Crippen LogP contribution in [0.2, 0.25) is 0 Å². The summed E-state index contributed by atoms with van der Waals surface area (Å²) in [6, 6.07) is 13.4. The topological polar surface area (TPSA) is 89.7 Å². The minimum Gasteiger partial charge on any atom is -0.493 e. The number of methoxy groups -OCH3 is 2. The number of hydrogen-bond acceptors (Lipinski definition) is 7. The van der Waals surface area contributed by atoms with E-state index in [1.807, 2.05) is 37.3 Å². The van der Waals surface area contributed by atoms with Crippen molar-refractivity contribution in [3.63, 3.8) is 0 Å². The lowest BCUT2D eigenvalue weighted by atomic mass is 9.96. The predicted molar refractivity (Wildman–Crippen MR) is 121 cm³/mol. The van der Waals surface area contributed by atoms with Gasteiger partial charge in [-0.1, -0.05) is 22.9 Å². The number of likely N-dealkylation sites (tertiary alicyclic amines) is 1. The highest BCUT2D eigenvalue weighted by Gasteiger charge is 2.26. The first-order valence-electron chi connectivity index (χ1n) is 10.7. The Kier molecular flexibility index (Phi) is 6.70. The Labute approximate surface area is 187 Å². The molecule has 1 aromatic heterocycles. The molecule has 1 aliphatic heterocycles. The van der Waals surface area contributed by atoms with Gasteiger partial charge in [0.05, 0.1) is 20.8 Å². The van der Waals surface area contributed by atoms with E-state index < -0.39 is 0 Å². The molecule has 2 aromatic carbocycles. The molecule has 8 nitrogen and oxygen atoms in total. The summed E-state index contributed by atoms with van der Waals surface area (Å²) in [4.78, 5) is 19.5. The lowest BCUT2D eigenvalue weighted by molar-refractivity contribution is -0.121. The number of nitrogens with one attached hydrogen (secondary N) is 1. The Balaban J connectivity index is 1.29. The molecule has 32 heavy (non-hydrogen) atoms. The first kappa shape index (κ1) is 21.8. The molecule has 2 heterocycles. The van der Waals surface area contributed by atoms with Gasteiger partial charge in [-0.05, 0) is 57.1 Å². The highest BCUT2D eigenvalue weighted by Crippen LogP contribution is 2.30. The molecule has 0 spiro atoms. The number of nitrogens with zero attached hydrogens (tertiary/aromatic N) is 3. The summed E-state index contributed by atoms with van der Waals surface area (Å²) in [5, 5.41) is 7.12. The van der Waals surface area contributed by atoms with E-state index in [0.29, 0.717) is 35.4 Å². The Morgan fingerprint density at radius 1 is 1.12 bits per heavy atom. The second-order valence-corrected chi connectivity index (χ2v) is 7.99. The largest absolute Gasteiger partial charge is 0.493 e. The van der Waals surface area contributed by atoms with Gasteiger partial charge in [0.25, 0.3) is 5.89 Å². The summed E-state index contributed by atoms with van der Waals surface area (Å²) in [5.41, 5.74) is 2.77. The van der Waals surface area contributed by atoms with Crippen LogP contribution in [0.15, 0.2) is 47.0 Å². The highest BCUT2D eigenvalue weighted by atomic mass is 16.5. The fourth-order valence-corrected chi connectivity index (χ4v) is 3.93. The fraction of sp³-hybridized carbons (Fsp3) is 0.375. The first-order valence-corrected chi connectivity index (χ1v) is 10.7. The summed E-state index contributed by atoms with van der Waals surface area (Å²) in [6.45, 7) is 4.25. The molecule has 0 atom stereocenters. The van der Waals surface area contributed by atoms with Crippen molar-refractivity contribution in [2.24, 2.45) is 5.92 Å². The number of piperidine rings is 1. The monoisotopic (exact) mass is 436 g/mol. The van der Waals surface area contributed by atoms with Crippen molar-refractivity contribution >= 4 is 11.6 Å². The fourth-order valence-electron chi connectivity index (χ4n) is 3.93. The van der Waals surface area contributed by atoms with Gasteiger partial charge in [-0.15, -0.1) is 0 Å². The van der Waals surface area contributed by atoms with Crippen LogP contribution in [0.3, 0.4) is 0 Å². The molecule has 1 saturated heterocycles. The van der Waals surface area contributed by atoms with Crippen LogP contribution in [0.5, 0.6) is 11.5 Å². The molecule has 4 rings (SSSR count). The Morgan fingerprint density at radius 3 is 2.62 bits per heavy atom. The van der Waals surface area contributed by atoms with Gasteiger partial charge in [0.1, 0.15) is 0 Å². The van der Waals surface area contributed by atoms with E-state index in [2.05, 4.69) is 20.4 Å². The third kappa shape index (κ3) is 5.08. The third-order valence-corrected chi connectivity index (χ3v) is 5.71. The van der Waals surface area contributed by atoms with E-state index in [0.717, 1.165) is 37.1 Å². The number of benzene rings is 2. The number of aryl methyl sites for hydroxylation is 1. The zero-order valence-electron chi connectivity index (χ0n) is 18.6. The average Bonchev–Trinajstić information content (AvgIpc) is 3.28. The quantitative estimate of drug-likeness (QED) is 0.600. The van der Waals surface area contributed by atoms with Gasteiger partial charge in [-0.3, -0.25) is 9.69 Å². The van der Waals surface area contributed by atoms with E-state index in [1.54, 1.807) is 26.4 Å². The third-order valence-electron chi connectivity index (χ3n) is 5.71. The number of aromatic nitrogens is 2. The molecule has 3 aromatic rings. The van der Waals surface area contributed by atoms with Crippen LogP contribution < -0.4 is 14.8 Å². The maximum absolute atomic E-state index is 12.7. The number of anilines is 1. The minimum absolute atomic E-state index is 0.0261. The molecule has 0 radical (unpaired) electrons. The molecule has 168 valence electrons. The van der Waals surface area contributed by atoms with Gasteiger partial charge in [0.2, 0.25) is 5.91 Å². The van der Waals surface area contributed by atoms with E-state index >= 15 is 0 Å². The minimum atomic E-state index is -0.0348. The number of amides is 1. The number of carbonyl (C=O) groups excluding carboxylic acids is 1. The van der Waals surface area contributed by atoms with E-state index in [-0.39, 0.29) is 11.8 Å². The normalized spacial score (nSPS) is 14.8. The van der Waals surface area contributed by atoms with Crippen molar-refractivity contribution in [3.05, 3.63) is 53.9 Å². The smallest absolute Gasteiger partial charge is 0.257 e. The second kappa shape index (κ2) is 9.82. The summed E-state index contributed by atoms with van der Waals surface area (Å²) >= 11 is 0. The molecule has 1 fully saturated rings. The standard InChI is InChI=1S/C24H28N4O4/c1-16-5-4-6-18(13-16)24-26-22(27-32-24)15-28-11-9-17(10-12-28)23(29)25-19-7-8-20(30-2)21(14-19)31-3/h4-8,13-14,17H,9-12,15H2,1-3H3,(H,25,29). The molecule has 0 aliphatic carbocycles. The molecule has 1 aliphatic rings. The number of hydrogen-bond donors (Lipinski definition) is 1. The molecule has 8 heteroatoms. The van der Waals surface area contributed by atoms with Gasteiger partial charge in [-0.25, -0.2) is 0 Å². The van der Waals surface area contributed by atoms with E-state index in [9.17, 15) is 4.79 Å². The summed E-state index contributed by atoms with van der Waals surface area (Å²) in [6.07, 6.45) is 1.56. The highest BCUT2D eigenvalue weighted by molar-refractivity contribution is 5.93.